The molecule has 498 valence electrons. The minimum atomic E-state index is -0.158. The van der Waals surface area contributed by atoms with E-state index >= 15 is 0 Å². The molecule has 5 heterocycles. The fourth-order valence-electron chi connectivity index (χ4n) is 15.2. The molecule has 14 aromatic rings. The minimum Gasteiger partial charge on any atom is -0.306 e. The van der Waals surface area contributed by atoms with Gasteiger partial charge in [0.25, 0.3) is 0 Å². The van der Waals surface area contributed by atoms with Gasteiger partial charge in [0.1, 0.15) is 11.6 Å². The number of hydrogen-bond acceptors (Lipinski definition) is 2. The van der Waals surface area contributed by atoms with Crippen molar-refractivity contribution < 1.29 is 0 Å². The number of rotatable bonds is 5. The second-order valence-corrected chi connectivity index (χ2v) is 36.7. The van der Waals surface area contributed by atoms with Crippen molar-refractivity contribution in [3.8, 4) is 40.1 Å². The molecule has 0 fully saturated rings. The van der Waals surface area contributed by atoms with E-state index in [1.165, 1.54) is 44.5 Å². The van der Waals surface area contributed by atoms with E-state index in [4.69, 9.17) is 4.98 Å². The molecule has 0 unspecified atom stereocenters. The summed E-state index contributed by atoms with van der Waals surface area (Å²) >= 11 is 0. The Kier molecular flexibility index (Phi) is 14.8. The number of benzene rings is 9. The molecule has 0 saturated heterocycles. The molecule has 98 heavy (non-hydrogen) atoms. The molecular formula is C92H100N6. The largest absolute Gasteiger partial charge is 0.306 e. The highest BCUT2D eigenvalue weighted by atomic mass is 15.1. The third kappa shape index (κ3) is 10.7. The molecule has 0 spiro atoms. The van der Waals surface area contributed by atoms with Crippen molar-refractivity contribution in [3.63, 3.8) is 0 Å². The van der Waals surface area contributed by atoms with Gasteiger partial charge in [-0.15, -0.1) is 0 Å². The first-order valence-electron chi connectivity index (χ1n) is 35.6. The smallest absolute Gasteiger partial charge is 0.104 e. The monoisotopic (exact) mass is 1290 g/mol. The van der Waals surface area contributed by atoms with Crippen molar-refractivity contribution in [2.75, 3.05) is 0 Å². The van der Waals surface area contributed by atoms with Crippen LogP contribution in [-0.4, -0.2) is 23.3 Å². The van der Waals surface area contributed by atoms with Gasteiger partial charge in [0.05, 0.1) is 78.1 Å². The van der Waals surface area contributed by atoms with Crippen molar-refractivity contribution in [3.05, 3.63) is 220 Å². The predicted octanol–water partition coefficient (Wildman–Crippen LogP) is 25.4. The molecule has 6 nitrogen and oxygen atoms in total. The van der Waals surface area contributed by atoms with Crippen molar-refractivity contribution in [2.45, 2.75) is 209 Å². The number of pyridine rings is 1. The first-order chi connectivity index (χ1) is 45.6. The molecule has 0 bridgehead atoms. The fraction of sp³-hybridized carbons (Fsp3) is 0.348. The quantitative estimate of drug-likeness (QED) is 0.172. The van der Waals surface area contributed by atoms with Crippen LogP contribution in [0.15, 0.2) is 170 Å². The molecule has 0 aliphatic heterocycles. The number of fused-ring (bicyclic) bond motifs is 12. The standard InChI is InChI=1S/C92H100N6/c1-85(2,3)54-28-36-72-62(45-54)63-46-55(86(4,5)6)29-37-73(63)95(72)81-70(53-93)82(96-74-38-30-56(87(7,8)9)47-64(74)65-48-57(88(10,11)12)31-39-75(65)96)84(98-78-42-34-60(91(19,20)21)51-68(78)69-52-61(92(22,23)24)35-43-79(69)98)80(71-27-25-26-44-94-71)83(81)97-76-40-32-58(89(13,14)15)49-66(76)67-50-59(90(16,17)18)33-41-77(67)97/h25-52H,1-24H3. The Hall–Kier alpha value is -9.18. The van der Waals surface area contributed by atoms with Gasteiger partial charge in [0.2, 0.25) is 0 Å². The summed E-state index contributed by atoms with van der Waals surface area (Å²) in [5.41, 5.74) is 22.4. The SMILES string of the molecule is CC(C)(C)c1ccc2c(c1)c1cc(C(C)(C)C)ccc1n2-c1c(C#N)c(-n2c3ccc(C(C)(C)C)cc3c3cc(C(C)(C)C)ccc32)c(-n2c3ccc(C(C)(C)C)cc3c3cc(C(C)(C)C)ccc32)c(-c2ccccn2)c1-n1c2ccc(C(C)(C)C)cc2c2cc(C(C)(C)C)ccc21. The van der Waals surface area contributed by atoms with E-state index in [1.54, 1.807) is 0 Å². The molecule has 5 aromatic heterocycles. The average molecular weight is 1290 g/mol. The van der Waals surface area contributed by atoms with Gasteiger partial charge in [-0.25, -0.2) is 0 Å². The molecule has 0 saturated carbocycles. The Balaban J connectivity index is 1.36. The van der Waals surface area contributed by atoms with E-state index in [2.05, 4.69) is 348 Å². The molecule has 6 heteroatoms. The van der Waals surface area contributed by atoms with Crippen LogP contribution in [0.3, 0.4) is 0 Å². The van der Waals surface area contributed by atoms with E-state index in [0.29, 0.717) is 5.56 Å². The van der Waals surface area contributed by atoms with Crippen LogP contribution in [0.1, 0.15) is 216 Å². The second-order valence-electron chi connectivity index (χ2n) is 36.7. The normalized spacial score (nSPS) is 13.5. The minimum absolute atomic E-state index is 0.155. The lowest BCUT2D eigenvalue weighted by Crippen LogP contribution is -2.17. The lowest BCUT2D eigenvalue weighted by atomic mass is 9.85. The molecular weight excluding hydrogens is 1190 g/mol. The van der Waals surface area contributed by atoms with Crippen LogP contribution in [0, 0.1) is 11.3 Å². The molecule has 14 rings (SSSR count). The summed E-state index contributed by atoms with van der Waals surface area (Å²) < 4.78 is 10.1. The van der Waals surface area contributed by atoms with E-state index in [0.717, 1.165) is 121 Å². The van der Waals surface area contributed by atoms with Gasteiger partial charge in [-0.05, 0) is 197 Å². The van der Waals surface area contributed by atoms with Crippen molar-refractivity contribution in [1.82, 2.24) is 23.3 Å². The van der Waals surface area contributed by atoms with E-state index in [-0.39, 0.29) is 43.3 Å². The Morgan fingerprint density at radius 3 is 0.612 bits per heavy atom. The molecule has 0 aliphatic rings. The molecule has 9 aromatic carbocycles. The van der Waals surface area contributed by atoms with Crippen LogP contribution in [0.4, 0.5) is 0 Å². The van der Waals surface area contributed by atoms with Crippen LogP contribution >= 0.6 is 0 Å². The van der Waals surface area contributed by atoms with Gasteiger partial charge in [-0.1, -0.05) is 221 Å². The van der Waals surface area contributed by atoms with Gasteiger partial charge < -0.3 is 18.3 Å². The van der Waals surface area contributed by atoms with Crippen LogP contribution in [-0.2, 0) is 43.3 Å². The summed E-state index contributed by atoms with van der Waals surface area (Å²) in [4.78, 5) is 5.67. The Labute approximate surface area is 582 Å². The van der Waals surface area contributed by atoms with E-state index in [9.17, 15) is 5.26 Å². The first-order valence-corrected chi connectivity index (χ1v) is 35.6. The van der Waals surface area contributed by atoms with Crippen LogP contribution in [0.5, 0.6) is 0 Å². The first kappa shape index (κ1) is 66.1. The van der Waals surface area contributed by atoms with Crippen LogP contribution < -0.4 is 0 Å². The summed E-state index contributed by atoms with van der Waals surface area (Å²) in [7, 11) is 0. The molecule has 0 N–H and O–H groups in total. The third-order valence-corrected chi connectivity index (χ3v) is 21.3. The number of aromatic nitrogens is 5. The fourth-order valence-corrected chi connectivity index (χ4v) is 15.2. The number of nitrogens with zero attached hydrogens (tertiary/aromatic N) is 6. The van der Waals surface area contributed by atoms with Gasteiger partial charge in [-0.3, -0.25) is 4.98 Å². The number of nitriles is 1. The molecule has 0 atom stereocenters. The highest BCUT2D eigenvalue weighted by molar-refractivity contribution is 6.18. The third-order valence-electron chi connectivity index (χ3n) is 21.3. The second kappa shape index (κ2) is 21.9. The zero-order valence-corrected chi connectivity index (χ0v) is 62.8. The lowest BCUT2D eigenvalue weighted by molar-refractivity contribution is 0.590. The maximum absolute atomic E-state index is 13.6. The summed E-state index contributed by atoms with van der Waals surface area (Å²) in [6, 6.07) is 66.7. The van der Waals surface area contributed by atoms with Gasteiger partial charge in [0.15, 0.2) is 0 Å². The molecule has 0 radical (unpaired) electrons. The topological polar surface area (TPSA) is 56.4 Å². The maximum atomic E-state index is 13.6. The highest BCUT2D eigenvalue weighted by Crippen LogP contribution is 2.54. The van der Waals surface area contributed by atoms with Crippen molar-refractivity contribution >= 4 is 87.2 Å². The number of hydrogen-bond donors (Lipinski definition) is 0. The van der Waals surface area contributed by atoms with Crippen molar-refractivity contribution in [1.29, 1.82) is 5.26 Å². The van der Waals surface area contributed by atoms with Gasteiger partial charge in [-0.2, -0.15) is 5.26 Å². The van der Waals surface area contributed by atoms with Crippen molar-refractivity contribution in [2.24, 2.45) is 0 Å². The van der Waals surface area contributed by atoms with Gasteiger partial charge in [0, 0.05) is 49.3 Å². The van der Waals surface area contributed by atoms with E-state index in [1.807, 2.05) is 12.3 Å². The molecule has 0 aliphatic carbocycles. The highest BCUT2D eigenvalue weighted by Gasteiger charge is 2.38. The predicted molar refractivity (Wildman–Crippen MR) is 421 cm³/mol. The Bertz CT molecular complexity index is 5070. The Morgan fingerprint density at radius 2 is 0.449 bits per heavy atom. The Morgan fingerprint density at radius 1 is 0.255 bits per heavy atom. The van der Waals surface area contributed by atoms with Crippen LogP contribution in [0.2, 0.25) is 0 Å². The summed E-state index contributed by atoms with van der Waals surface area (Å²) in [6.07, 6.45) is 1.96. The van der Waals surface area contributed by atoms with Crippen LogP contribution in [0.25, 0.3) is 121 Å². The zero-order valence-electron chi connectivity index (χ0n) is 62.8. The van der Waals surface area contributed by atoms with Gasteiger partial charge >= 0.3 is 0 Å². The average Bonchev–Trinajstić information content (AvgIpc) is 1.46. The van der Waals surface area contributed by atoms with E-state index < -0.39 is 0 Å². The summed E-state index contributed by atoms with van der Waals surface area (Å²) in [6.45, 7) is 55.5. The molecule has 0 amide bonds. The maximum Gasteiger partial charge on any atom is 0.104 e. The summed E-state index contributed by atoms with van der Waals surface area (Å²) in [5, 5.41) is 22.8. The zero-order chi connectivity index (χ0) is 70.4. The lowest BCUT2D eigenvalue weighted by Gasteiger charge is -2.29. The summed E-state index contributed by atoms with van der Waals surface area (Å²) in [5.74, 6) is 0.